The van der Waals surface area contributed by atoms with E-state index in [0.717, 1.165) is 35.9 Å². The molecule has 1 aromatic heterocycles. The molecule has 0 unspecified atom stereocenters. The second-order valence-corrected chi connectivity index (χ2v) is 6.95. The highest BCUT2D eigenvalue weighted by Crippen LogP contribution is 2.26. The van der Waals surface area contributed by atoms with Crippen molar-refractivity contribution in [3.8, 4) is 5.75 Å². The third kappa shape index (κ3) is 6.69. The number of nitrogens with one attached hydrogen (secondary N) is 3. The molecule has 1 aliphatic rings. The second-order valence-electron chi connectivity index (χ2n) is 5.92. The first-order valence-corrected chi connectivity index (χ1v) is 9.72. The highest BCUT2D eigenvalue weighted by atomic mass is 127. The Hall–Kier alpha value is -1.81. The largest absolute Gasteiger partial charge is 0.492 e. The van der Waals surface area contributed by atoms with Crippen LogP contribution in [0.3, 0.4) is 0 Å². The lowest BCUT2D eigenvalue weighted by Crippen LogP contribution is -2.39. The Balaban J connectivity index is 0.00000261. The fraction of sp³-hybridized carbons (Fsp3) is 0.368. The van der Waals surface area contributed by atoms with Crippen molar-refractivity contribution in [3.05, 3.63) is 46.2 Å². The molecule has 0 radical (unpaired) electrons. The SMILES string of the molecule is CCNC(=NCc1cccs1)NCCOc1ccc2c(c1)CCC(=O)N2.I. The molecule has 0 saturated carbocycles. The van der Waals surface area contributed by atoms with Gasteiger partial charge in [-0.05, 0) is 48.6 Å². The normalized spacial score (nSPS) is 13.2. The number of thiophene rings is 1. The number of ether oxygens (including phenoxy) is 1. The van der Waals surface area contributed by atoms with Crippen molar-refractivity contribution in [3.63, 3.8) is 0 Å². The first-order valence-electron chi connectivity index (χ1n) is 8.84. The number of carbonyl (C=O) groups is 1. The average molecular weight is 500 g/mol. The van der Waals surface area contributed by atoms with E-state index in [1.54, 1.807) is 11.3 Å². The molecule has 1 aromatic carbocycles. The van der Waals surface area contributed by atoms with Crippen molar-refractivity contribution < 1.29 is 9.53 Å². The average Bonchev–Trinajstić information content (AvgIpc) is 3.16. The van der Waals surface area contributed by atoms with E-state index in [0.29, 0.717) is 26.1 Å². The molecule has 0 spiro atoms. The Labute approximate surface area is 180 Å². The number of benzene rings is 1. The van der Waals surface area contributed by atoms with E-state index in [2.05, 4.69) is 32.4 Å². The van der Waals surface area contributed by atoms with Crippen LogP contribution in [0.25, 0.3) is 0 Å². The zero-order chi connectivity index (χ0) is 18.2. The van der Waals surface area contributed by atoms with E-state index in [1.807, 2.05) is 31.2 Å². The monoisotopic (exact) mass is 500 g/mol. The lowest BCUT2D eigenvalue weighted by atomic mass is 10.0. The van der Waals surface area contributed by atoms with Gasteiger partial charge in [-0.2, -0.15) is 0 Å². The number of aliphatic imine (C=N–C) groups is 1. The summed E-state index contributed by atoms with van der Waals surface area (Å²) in [6.45, 7) is 4.72. The number of amides is 1. The minimum atomic E-state index is 0. The first kappa shape index (κ1) is 21.5. The molecule has 3 N–H and O–H groups in total. The Morgan fingerprint density at radius 2 is 2.19 bits per heavy atom. The zero-order valence-corrected chi connectivity index (χ0v) is 18.4. The third-order valence-corrected chi connectivity index (χ3v) is 4.81. The van der Waals surface area contributed by atoms with Crippen LogP contribution in [-0.4, -0.2) is 31.6 Å². The van der Waals surface area contributed by atoms with Gasteiger partial charge in [-0.25, -0.2) is 4.99 Å². The van der Waals surface area contributed by atoms with Gasteiger partial charge in [-0.15, -0.1) is 35.3 Å². The van der Waals surface area contributed by atoms with Crippen LogP contribution in [0.4, 0.5) is 5.69 Å². The summed E-state index contributed by atoms with van der Waals surface area (Å²) in [6.07, 6.45) is 1.29. The molecule has 0 atom stereocenters. The van der Waals surface area contributed by atoms with Crippen molar-refractivity contribution in [2.45, 2.75) is 26.3 Å². The van der Waals surface area contributed by atoms with Gasteiger partial charge >= 0.3 is 0 Å². The van der Waals surface area contributed by atoms with Crippen molar-refractivity contribution >= 4 is 52.9 Å². The minimum Gasteiger partial charge on any atom is -0.492 e. The van der Waals surface area contributed by atoms with Crippen LogP contribution >= 0.6 is 35.3 Å². The van der Waals surface area contributed by atoms with Crippen LogP contribution in [0, 0.1) is 0 Å². The summed E-state index contributed by atoms with van der Waals surface area (Å²) in [4.78, 5) is 17.2. The van der Waals surface area contributed by atoms with Gasteiger partial charge in [0.25, 0.3) is 0 Å². The number of hydrogen-bond acceptors (Lipinski definition) is 4. The number of fused-ring (bicyclic) bond motifs is 1. The first-order chi connectivity index (χ1) is 12.7. The fourth-order valence-corrected chi connectivity index (χ4v) is 3.32. The minimum absolute atomic E-state index is 0. The number of halogens is 1. The van der Waals surface area contributed by atoms with Crippen molar-refractivity contribution in [1.82, 2.24) is 10.6 Å². The molecule has 0 bridgehead atoms. The number of aryl methyl sites for hydroxylation is 1. The lowest BCUT2D eigenvalue weighted by Gasteiger charge is -2.18. The van der Waals surface area contributed by atoms with Gasteiger partial charge in [0.1, 0.15) is 12.4 Å². The molecule has 27 heavy (non-hydrogen) atoms. The molecule has 2 aromatic rings. The van der Waals surface area contributed by atoms with E-state index in [1.165, 1.54) is 4.88 Å². The maximum Gasteiger partial charge on any atom is 0.224 e. The highest BCUT2D eigenvalue weighted by Gasteiger charge is 2.14. The number of hydrogen-bond donors (Lipinski definition) is 3. The van der Waals surface area contributed by atoms with Gasteiger partial charge in [-0.3, -0.25) is 4.79 Å². The van der Waals surface area contributed by atoms with E-state index in [4.69, 9.17) is 4.74 Å². The van der Waals surface area contributed by atoms with Crippen LogP contribution in [0.5, 0.6) is 5.75 Å². The van der Waals surface area contributed by atoms with Crippen LogP contribution < -0.4 is 20.7 Å². The summed E-state index contributed by atoms with van der Waals surface area (Å²) in [5, 5.41) is 11.5. The van der Waals surface area contributed by atoms with Gasteiger partial charge in [0, 0.05) is 23.5 Å². The third-order valence-electron chi connectivity index (χ3n) is 3.95. The highest BCUT2D eigenvalue weighted by molar-refractivity contribution is 14.0. The molecule has 1 amide bonds. The lowest BCUT2D eigenvalue weighted by molar-refractivity contribution is -0.116. The molecule has 8 heteroatoms. The van der Waals surface area contributed by atoms with Crippen LogP contribution in [0.1, 0.15) is 23.8 Å². The van der Waals surface area contributed by atoms with Crippen LogP contribution in [0.2, 0.25) is 0 Å². The standard InChI is InChI=1S/C19H24N4O2S.HI/c1-2-20-19(22-13-16-4-3-11-26-16)21-9-10-25-15-6-7-17-14(12-15)5-8-18(24)23-17;/h3-4,6-7,11-12H,2,5,8-10,13H2,1H3,(H,23,24)(H2,20,21,22);1H. The van der Waals surface area contributed by atoms with Gasteiger partial charge in [0.15, 0.2) is 5.96 Å². The Morgan fingerprint density at radius 1 is 1.30 bits per heavy atom. The summed E-state index contributed by atoms with van der Waals surface area (Å²) in [6, 6.07) is 9.92. The summed E-state index contributed by atoms with van der Waals surface area (Å²) in [7, 11) is 0. The smallest absolute Gasteiger partial charge is 0.224 e. The van der Waals surface area contributed by atoms with Crippen LogP contribution in [-0.2, 0) is 17.8 Å². The van der Waals surface area contributed by atoms with E-state index in [9.17, 15) is 4.79 Å². The molecule has 1 aliphatic heterocycles. The number of rotatable bonds is 7. The predicted octanol–water partition coefficient (Wildman–Crippen LogP) is 3.38. The second kappa shape index (κ2) is 11.1. The maximum absolute atomic E-state index is 11.4. The van der Waals surface area contributed by atoms with Gasteiger partial charge in [-0.1, -0.05) is 6.07 Å². The van der Waals surface area contributed by atoms with Gasteiger partial charge in [0.05, 0.1) is 13.1 Å². The van der Waals surface area contributed by atoms with Crippen molar-refractivity contribution in [2.75, 3.05) is 25.0 Å². The number of anilines is 1. The Morgan fingerprint density at radius 3 is 2.96 bits per heavy atom. The molecule has 3 rings (SSSR count). The topological polar surface area (TPSA) is 74.8 Å². The van der Waals surface area contributed by atoms with E-state index >= 15 is 0 Å². The summed E-state index contributed by atoms with van der Waals surface area (Å²) >= 11 is 1.71. The molecule has 6 nitrogen and oxygen atoms in total. The molecule has 2 heterocycles. The number of nitrogens with zero attached hydrogens (tertiary/aromatic N) is 1. The fourth-order valence-electron chi connectivity index (χ4n) is 2.69. The molecule has 0 saturated heterocycles. The Bertz CT molecular complexity index is 765. The van der Waals surface area contributed by atoms with Crippen molar-refractivity contribution in [2.24, 2.45) is 4.99 Å². The summed E-state index contributed by atoms with van der Waals surface area (Å²) in [5.41, 5.74) is 2.02. The van der Waals surface area contributed by atoms with Gasteiger partial charge < -0.3 is 20.7 Å². The quantitative estimate of drug-likeness (QED) is 0.236. The maximum atomic E-state index is 11.4. The van der Waals surface area contributed by atoms with E-state index in [-0.39, 0.29) is 29.9 Å². The molecule has 0 fully saturated rings. The van der Waals surface area contributed by atoms with E-state index < -0.39 is 0 Å². The van der Waals surface area contributed by atoms with Crippen LogP contribution in [0.15, 0.2) is 40.7 Å². The molecule has 0 aliphatic carbocycles. The number of guanidine groups is 1. The molecular formula is C19H25IN4O2S. The zero-order valence-electron chi connectivity index (χ0n) is 15.3. The number of carbonyl (C=O) groups excluding carboxylic acids is 1. The summed E-state index contributed by atoms with van der Waals surface area (Å²) < 4.78 is 5.82. The summed E-state index contributed by atoms with van der Waals surface area (Å²) in [5.74, 6) is 1.69. The molecular weight excluding hydrogens is 475 g/mol. The van der Waals surface area contributed by atoms with Gasteiger partial charge in [0.2, 0.25) is 5.91 Å². The molecule has 146 valence electrons. The van der Waals surface area contributed by atoms with Crippen molar-refractivity contribution in [1.29, 1.82) is 0 Å². The Kier molecular flexibility index (Phi) is 8.86. The predicted molar refractivity (Wildman–Crippen MR) is 121 cm³/mol.